The summed E-state index contributed by atoms with van der Waals surface area (Å²) in [5.41, 5.74) is 1.80. The van der Waals surface area contributed by atoms with E-state index in [0.29, 0.717) is 6.54 Å². The summed E-state index contributed by atoms with van der Waals surface area (Å²) in [6, 6.07) is 0. The third kappa shape index (κ3) is 1.81. The molecule has 0 atom stereocenters. The molecule has 2 aromatic rings. The molecule has 0 fully saturated rings. The fourth-order valence-corrected chi connectivity index (χ4v) is 1.47. The lowest BCUT2D eigenvalue weighted by Crippen LogP contribution is -2.00. The van der Waals surface area contributed by atoms with Crippen LogP contribution in [0.3, 0.4) is 0 Å². The summed E-state index contributed by atoms with van der Waals surface area (Å²) in [5.74, 6) is -0.291. The van der Waals surface area contributed by atoms with Crippen LogP contribution in [-0.4, -0.2) is 25.8 Å². The maximum absolute atomic E-state index is 10.6. The summed E-state index contributed by atoms with van der Waals surface area (Å²) in [4.78, 5) is 14.4. The minimum absolute atomic E-state index is 0.0340. The van der Waals surface area contributed by atoms with E-state index in [4.69, 9.17) is 9.63 Å². The number of carboxylic acid groups (broad SMARTS) is 1. The average molecular weight is 221 g/mol. The van der Waals surface area contributed by atoms with Gasteiger partial charge in [-0.1, -0.05) is 5.16 Å². The highest BCUT2D eigenvalue weighted by Crippen LogP contribution is 2.13. The number of rotatable bonds is 3. The molecule has 16 heavy (non-hydrogen) atoms. The Labute approximate surface area is 91.5 Å². The SMILES string of the molecule is Cc1noc(C)c1Cn1cnc(C(=O)O)c1. The van der Waals surface area contributed by atoms with Crippen molar-refractivity contribution in [1.82, 2.24) is 14.7 Å². The van der Waals surface area contributed by atoms with Gasteiger partial charge in [-0.2, -0.15) is 0 Å². The lowest BCUT2D eigenvalue weighted by atomic mass is 10.2. The first-order valence-corrected chi connectivity index (χ1v) is 4.74. The number of hydrogen-bond donors (Lipinski definition) is 1. The van der Waals surface area contributed by atoms with Crippen molar-refractivity contribution in [2.75, 3.05) is 0 Å². The van der Waals surface area contributed by atoms with Crippen molar-refractivity contribution in [3.8, 4) is 0 Å². The molecule has 0 amide bonds. The fraction of sp³-hybridized carbons (Fsp3) is 0.300. The smallest absolute Gasteiger partial charge is 0.356 e. The third-order valence-corrected chi connectivity index (χ3v) is 2.37. The quantitative estimate of drug-likeness (QED) is 0.843. The van der Waals surface area contributed by atoms with Crippen LogP contribution in [0.25, 0.3) is 0 Å². The molecule has 0 radical (unpaired) electrons. The second-order valence-electron chi connectivity index (χ2n) is 3.54. The van der Waals surface area contributed by atoms with Crippen LogP contribution in [0.1, 0.15) is 27.5 Å². The molecule has 0 aliphatic carbocycles. The predicted molar refractivity (Wildman–Crippen MR) is 54.3 cm³/mol. The summed E-state index contributed by atoms with van der Waals surface area (Å²) >= 11 is 0. The van der Waals surface area contributed by atoms with Gasteiger partial charge >= 0.3 is 5.97 Å². The minimum Gasteiger partial charge on any atom is -0.476 e. The number of carboxylic acids is 1. The van der Waals surface area contributed by atoms with Crippen LogP contribution < -0.4 is 0 Å². The van der Waals surface area contributed by atoms with E-state index in [0.717, 1.165) is 17.0 Å². The number of hydrogen-bond acceptors (Lipinski definition) is 4. The normalized spacial score (nSPS) is 10.6. The van der Waals surface area contributed by atoms with Crippen molar-refractivity contribution < 1.29 is 14.4 Å². The van der Waals surface area contributed by atoms with Gasteiger partial charge in [-0.05, 0) is 13.8 Å². The highest BCUT2D eigenvalue weighted by Gasteiger charge is 2.11. The van der Waals surface area contributed by atoms with Crippen LogP contribution in [0, 0.1) is 13.8 Å². The Bertz CT molecular complexity index is 508. The molecule has 0 aromatic carbocycles. The lowest BCUT2D eigenvalue weighted by molar-refractivity contribution is 0.0691. The van der Waals surface area contributed by atoms with Crippen LogP contribution >= 0.6 is 0 Å². The number of aryl methyl sites for hydroxylation is 2. The van der Waals surface area contributed by atoms with E-state index in [2.05, 4.69) is 10.1 Å². The molecule has 0 saturated carbocycles. The van der Waals surface area contributed by atoms with Crippen molar-refractivity contribution in [3.63, 3.8) is 0 Å². The van der Waals surface area contributed by atoms with E-state index < -0.39 is 5.97 Å². The van der Waals surface area contributed by atoms with Gasteiger partial charge in [0.25, 0.3) is 0 Å². The largest absolute Gasteiger partial charge is 0.476 e. The standard InChI is InChI=1S/C10H11N3O3/c1-6-8(7(2)16-12-6)3-13-4-9(10(14)15)11-5-13/h4-5H,3H2,1-2H3,(H,14,15). The summed E-state index contributed by atoms with van der Waals surface area (Å²) in [5, 5.41) is 12.6. The third-order valence-electron chi connectivity index (χ3n) is 2.37. The zero-order valence-corrected chi connectivity index (χ0v) is 8.97. The van der Waals surface area contributed by atoms with Crippen molar-refractivity contribution >= 4 is 5.97 Å². The Kier molecular flexibility index (Phi) is 2.47. The first kappa shape index (κ1) is 10.4. The molecule has 6 nitrogen and oxygen atoms in total. The Morgan fingerprint density at radius 1 is 1.56 bits per heavy atom. The van der Waals surface area contributed by atoms with Gasteiger partial charge in [0.15, 0.2) is 5.69 Å². The average Bonchev–Trinajstić information content (AvgIpc) is 2.80. The maximum Gasteiger partial charge on any atom is 0.356 e. The molecule has 0 spiro atoms. The van der Waals surface area contributed by atoms with Gasteiger partial charge in [-0.3, -0.25) is 0 Å². The van der Waals surface area contributed by atoms with Crippen molar-refractivity contribution in [1.29, 1.82) is 0 Å². The number of nitrogens with zero attached hydrogens (tertiary/aromatic N) is 3. The molecular weight excluding hydrogens is 210 g/mol. The predicted octanol–water partition coefficient (Wildman–Crippen LogP) is 1.23. The number of carbonyl (C=O) groups is 1. The highest BCUT2D eigenvalue weighted by atomic mass is 16.5. The zero-order chi connectivity index (χ0) is 11.7. The summed E-state index contributed by atoms with van der Waals surface area (Å²) in [6.45, 7) is 4.19. The van der Waals surface area contributed by atoms with Gasteiger partial charge in [0.05, 0.1) is 18.6 Å². The molecule has 2 heterocycles. The van der Waals surface area contributed by atoms with Gasteiger partial charge in [0, 0.05) is 11.8 Å². The van der Waals surface area contributed by atoms with Crippen molar-refractivity contribution in [3.05, 3.63) is 35.2 Å². The first-order valence-electron chi connectivity index (χ1n) is 4.74. The van der Waals surface area contributed by atoms with Crippen molar-refractivity contribution in [2.24, 2.45) is 0 Å². The molecular formula is C10H11N3O3. The lowest BCUT2D eigenvalue weighted by Gasteiger charge is -2.00. The van der Waals surface area contributed by atoms with Gasteiger partial charge in [-0.15, -0.1) is 0 Å². The molecule has 6 heteroatoms. The fourth-order valence-electron chi connectivity index (χ4n) is 1.47. The summed E-state index contributed by atoms with van der Waals surface area (Å²) in [7, 11) is 0. The highest BCUT2D eigenvalue weighted by molar-refractivity contribution is 5.84. The minimum atomic E-state index is -1.03. The van der Waals surface area contributed by atoms with E-state index in [1.807, 2.05) is 13.8 Å². The van der Waals surface area contributed by atoms with Gasteiger partial charge in [0.2, 0.25) is 0 Å². The molecule has 2 aromatic heterocycles. The van der Waals surface area contributed by atoms with Crippen LogP contribution in [0.5, 0.6) is 0 Å². The second kappa shape index (κ2) is 3.80. The van der Waals surface area contributed by atoms with Gasteiger partial charge < -0.3 is 14.2 Å². The molecule has 2 rings (SSSR count). The first-order chi connectivity index (χ1) is 7.58. The molecule has 0 unspecified atom stereocenters. The molecule has 0 bridgehead atoms. The Morgan fingerprint density at radius 3 is 2.81 bits per heavy atom. The number of aromatic nitrogens is 3. The van der Waals surface area contributed by atoms with Gasteiger partial charge in [-0.25, -0.2) is 9.78 Å². The Balaban J connectivity index is 2.24. The van der Waals surface area contributed by atoms with Crippen molar-refractivity contribution in [2.45, 2.75) is 20.4 Å². The second-order valence-corrected chi connectivity index (χ2v) is 3.54. The monoisotopic (exact) mass is 221 g/mol. The number of imidazole rings is 1. The maximum atomic E-state index is 10.6. The van der Waals surface area contributed by atoms with E-state index in [1.54, 1.807) is 4.57 Å². The van der Waals surface area contributed by atoms with Crippen LogP contribution in [0.4, 0.5) is 0 Å². The summed E-state index contributed by atoms with van der Waals surface area (Å²) < 4.78 is 6.71. The Hall–Kier alpha value is -2.11. The Morgan fingerprint density at radius 2 is 2.31 bits per heavy atom. The van der Waals surface area contributed by atoms with E-state index in [-0.39, 0.29) is 5.69 Å². The topological polar surface area (TPSA) is 81.2 Å². The molecule has 0 aliphatic rings. The molecule has 0 saturated heterocycles. The molecule has 0 aliphatic heterocycles. The van der Waals surface area contributed by atoms with Crippen LogP contribution in [0.15, 0.2) is 17.0 Å². The van der Waals surface area contributed by atoms with E-state index >= 15 is 0 Å². The van der Waals surface area contributed by atoms with Crippen LogP contribution in [0.2, 0.25) is 0 Å². The molecule has 84 valence electrons. The number of aromatic carboxylic acids is 1. The van der Waals surface area contributed by atoms with Crippen LogP contribution in [-0.2, 0) is 6.54 Å². The zero-order valence-electron chi connectivity index (χ0n) is 8.97. The van der Waals surface area contributed by atoms with E-state index in [1.165, 1.54) is 12.5 Å². The van der Waals surface area contributed by atoms with E-state index in [9.17, 15) is 4.79 Å². The van der Waals surface area contributed by atoms with Gasteiger partial charge in [0.1, 0.15) is 5.76 Å². The summed E-state index contributed by atoms with van der Waals surface area (Å²) in [6.07, 6.45) is 2.96. The molecule has 1 N–H and O–H groups in total.